The predicted molar refractivity (Wildman–Crippen MR) is 108 cm³/mol. The van der Waals surface area contributed by atoms with Gasteiger partial charge >= 0.3 is 5.97 Å². The Kier molecular flexibility index (Phi) is 5.71. The summed E-state index contributed by atoms with van der Waals surface area (Å²) in [6.45, 7) is 0. The van der Waals surface area contributed by atoms with Crippen LogP contribution < -0.4 is 10.2 Å². The van der Waals surface area contributed by atoms with E-state index in [1.165, 1.54) is 0 Å². The number of carboxylic acid groups (broad SMARTS) is 1. The predicted octanol–water partition coefficient (Wildman–Crippen LogP) is 4.51. The van der Waals surface area contributed by atoms with Crippen LogP contribution in [0.3, 0.4) is 0 Å². The van der Waals surface area contributed by atoms with E-state index < -0.39 is 17.8 Å². The van der Waals surface area contributed by atoms with E-state index in [4.69, 9.17) is 11.6 Å². The molecule has 1 aliphatic carbocycles. The van der Waals surface area contributed by atoms with E-state index in [2.05, 4.69) is 5.32 Å². The molecule has 0 heterocycles. The zero-order valence-electron chi connectivity index (χ0n) is 15.4. The number of benzene rings is 2. The van der Waals surface area contributed by atoms with Crippen LogP contribution in [-0.2, 0) is 9.59 Å². The number of carbonyl (C=O) groups is 2. The topological polar surface area (TPSA) is 69.6 Å². The molecule has 0 bridgehead atoms. The summed E-state index contributed by atoms with van der Waals surface area (Å²) in [7, 11) is 3.97. The van der Waals surface area contributed by atoms with Crippen LogP contribution in [0.2, 0.25) is 5.02 Å². The van der Waals surface area contributed by atoms with E-state index in [9.17, 15) is 14.7 Å². The van der Waals surface area contributed by atoms with Gasteiger partial charge in [-0.2, -0.15) is 0 Å². The first-order valence-electron chi connectivity index (χ1n) is 8.98. The van der Waals surface area contributed by atoms with E-state index in [0.717, 1.165) is 23.2 Å². The summed E-state index contributed by atoms with van der Waals surface area (Å²) >= 11 is 6.43. The number of rotatable bonds is 5. The van der Waals surface area contributed by atoms with Crippen LogP contribution in [0.15, 0.2) is 42.5 Å². The van der Waals surface area contributed by atoms with Crippen LogP contribution in [0.5, 0.6) is 0 Å². The minimum atomic E-state index is -0.901. The quantitative estimate of drug-likeness (QED) is 0.793. The third kappa shape index (κ3) is 4.25. The number of carbonyl (C=O) groups excluding carboxylic acids is 1. The van der Waals surface area contributed by atoms with Gasteiger partial charge in [0.2, 0.25) is 5.91 Å². The second kappa shape index (κ2) is 8.01. The fourth-order valence-electron chi connectivity index (χ4n) is 3.57. The summed E-state index contributed by atoms with van der Waals surface area (Å²) in [6, 6.07) is 13.4. The summed E-state index contributed by atoms with van der Waals surface area (Å²) in [5, 5.41) is 12.6. The highest BCUT2D eigenvalue weighted by atomic mass is 35.5. The number of carboxylic acids is 1. The van der Waals surface area contributed by atoms with Gasteiger partial charge in [0.25, 0.3) is 0 Å². The molecule has 1 fully saturated rings. The molecule has 2 aromatic carbocycles. The number of halogens is 1. The molecule has 1 amide bonds. The zero-order chi connectivity index (χ0) is 19.6. The second-order valence-electron chi connectivity index (χ2n) is 7.11. The number of aliphatic carboxylic acids is 1. The van der Waals surface area contributed by atoms with Crippen molar-refractivity contribution in [2.24, 2.45) is 11.8 Å². The third-order valence-corrected chi connectivity index (χ3v) is 5.41. The van der Waals surface area contributed by atoms with Crippen LogP contribution >= 0.6 is 11.6 Å². The number of nitrogens with one attached hydrogen (secondary N) is 1. The lowest BCUT2D eigenvalue weighted by Gasteiger charge is -2.16. The van der Waals surface area contributed by atoms with Gasteiger partial charge in [0.15, 0.2) is 0 Å². The molecule has 0 aromatic heterocycles. The number of amides is 1. The smallest absolute Gasteiger partial charge is 0.307 e. The van der Waals surface area contributed by atoms with Gasteiger partial charge in [0.05, 0.1) is 16.9 Å². The first-order valence-corrected chi connectivity index (χ1v) is 9.35. The maximum absolute atomic E-state index is 12.5. The molecule has 0 spiro atoms. The maximum Gasteiger partial charge on any atom is 0.307 e. The monoisotopic (exact) mass is 386 g/mol. The molecule has 2 atom stereocenters. The fraction of sp³-hybridized carbons (Fsp3) is 0.333. The van der Waals surface area contributed by atoms with Gasteiger partial charge in [0.1, 0.15) is 0 Å². The highest BCUT2D eigenvalue weighted by Crippen LogP contribution is 2.34. The maximum atomic E-state index is 12.5. The Morgan fingerprint density at radius 1 is 1.07 bits per heavy atom. The molecule has 142 valence electrons. The Morgan fingerprint density at radius 3 is 2.33 bits per heavy atom. The number of hydrogen-bond acceptors (Lipinski definition) is 3. The van der Waals surface area contributed by atoms with Crippen LogP contribution in [0.4, 0.5) is 11.4 Å². The molecule has 2 N–H and O–H groups in total. The molecule has 0 aliphatic heterocycles. The molecular weight excluding hydrogens is 364 g/mol. The lowest BCUT2D eigenvalue weighted by atomic mass is 9.95. The molecular formula is C21H23ClN2O3. The Morgan fingerprint density at radius 2 is 1.74 bits per heavy atom. The van der Waals surface area contributed by atoms with Crippen molar-refractivity contribution in [1.82, 2.24) is 0 Å². The molecule has 1 saturated carbocycles. The van der Waals surface area contributed by atoms with Crippen molar-refractivity contribution in [2.45, 2.75) is 19.3 Å². The van der Waals surface area contributed by atoms with Gasteiger partial charge in [0, 0.05) is 31.0 Å². The zero-order valence-corrected chi connectivity index (χ0v) is 16.2. The van der Waals surface area contributed by atoms with Gasteiger partial charge in [-0.1, -0.05) is 36.2 Å². The lowest BCUT2D eigenvalue weighted by Crippen LogP contribution is -2.29. The molecule has 27 heavy (non-hydrogen) atoms. The van der Waals surface area contributed by atoms with Crippen molar-refractivity contribution in [2.75, 3.05) is 24.3 Å². The minimum Gasteiger partial charge on any atom is -0.481 e. The molecule has 3 rings (SSSR count). The fourth-order valence-corrected chi connectivity index (χ4v) is 3.86. The van der Waals surface area contributed by atoms with Crippen molar-refractivity contribution in [3.8, 4) is 11.1 Å². The van der Waals surface area contributed by atoms with Crippen LogP contribution in [-0.4, -0.2) is 31.1 Å². The highest BCUT2D eigenvalue weighted by Gasteiger charge is 2.37. The molecule has 2 aromatic rings. The average Bonchev–Trinajstić information content (AvgIpc) is 3.12. The van der Waals surface area contributed by atoms with Crippen molar-refractivity contribution < 1.29 is 14.7 Å². The first-order chi connectivity index (χ1) is 12.9. The van der Waals surface area contributed by atoms with Gasteiger partial charge in [-0.15, -0.1) is 0 Å². The Bertz CT molecular complexity index is 849. The van der Waals surface area contributed by atoms with Crippen molar-refractivity contribution in [3.63, 3.8) is 0 Å². The number of nitrogens with zero attached hydrogens (tertiary/aromatic N) is 1. The summed E-state index contributed by atoms with van der Waals surface area (Å²) < 4.78 is 0. The van der Waals surface area contributed by atoms with Crippen LogP contribution in [0.25, 0.3) is 11.1 Å². The van der Waals surface area contributed by atoms with Gasteiger partial charge in [-0.25, -0.2) is 0 Å². The van der Waals surface area contributed by atoms with Gasteiger partial charge in [-0.05, 0) is 42.7 Å². The first kappa shape index (κ1) is 19.2. The summed E-state index contributed by atoms with van der Waals surface area (Å²) in [6.07, 6.45) is 1.92. The molecule has 5 nitrogen and oxygen atoms in total. The number of anilines is 2. The Hall–Kier alpha value is -2.53. The van der Waals surface area contributed by atoms with E-state index in [0.29, 0.717) is 23.6 Å². The van der Waals surface area contributed by atoms with Crippen LogP contribution in [0.1, 0.15) is 19.3 Å². The summed E-state index contributed by atoms with van der Waals surface area (Å²) in [5.74, 6) is -2.24. The molecule has 0 radical (unpaired) electrons. The lowest BCUT2D eigenvalue weighted by molar-refractivity contribution is -0.145. The molecule has 1 aliphatic rings. The Balaban J connectivity index is 1.75. The van der Waals surface area contributed by atoms with E-state index in [1.807, 2.05) is 49.3 Å². The highest BCUT2D eigenvalue weighted by molar-refractivity contribution is 6.33. The second-order valence-corrected chi connectivity index (χ2v) is 7.51. The van der Waals surface area contributed by atoms with Gasteiger partial charge in [-0.3, -0.25) is 9.59 Å². The van der Waals surface area contributed by atoms with Crippen molar-refractivity contribution in [3.05, 3.63) is 47.5 Å². The van der Waals surface area contributed by atoms with Gasteiger partial charge < -0.3 is 15.3 Å². The van der Waals surface area contributed by atoms with E-state index >= 15 is 0 Å². The molecule has 0 saturated heterocycles. The van der Waals surface area contributed by atoms with Crippen molar-refractivity contribution >= 4 is 34.9 Å². The largest absolute Gasteiger partial charge is 0.481 e. The molecule has 2 unspecified atom stereocenters. The normalized spacial score (nSPS) is 18.9. The van der Waals surface area contributed by atoms with E-state index in [-0.39, 0.29) is 5.91 Å². The summed E-state index contributed by atoms with van der Waals surface area (Å²) in [5.41, 5.74) is 3.55. The average molecular weight is 387 g/mol. The minimum absolute atomic E-state index is 0.251. The van der Waals surface area contributed by atoms with Crippen molar-refractivity contribution in [1.29, 1.82) is 0 Å². The SMILES string of the molecule is CN(C)c1ccc(-c2ccc(NC(=O)C3CCCC3C(=O)O)cc2Cl)cc1. The standard InChI is InChI=1S/C21H23ClN2O3/c1-24(2)15-9-6-13(7-10-15)16-11-8-14(12-19(16)22)23-20(25)17-4-3-5-18(17)21(26)27/h6-12,17-18H,3-5H2,1-2H3,(H,23,25)(H,26,27). The Labute approximate surface area is 163 Å². The summed E-state index contributed by atoms with van der Waals surface area (Å²) in [4.78, 5) is 25.8. The van der Waals surface area contributed by atoms with Crippen LogP contribution in [0, 0.1) is 11.8 Å². The number of hydrogen-bond donors (Lipinski definition) is 2. The molecule has 6 heteroatoms. The third-order valence-electron chi connectivity index (χ3n) is 5.10. The van der Waals surface area contributed by atoms with E-state index in [1.54, 1.807) is 12.1 Å².